The van der Waals surface area contributed by atoms with Crippen LogP contribution >= 0.6 is 0 Å². The lowest BCUT2D eigenvalue weighted by molar-refractivity contribution is 0.0600. The molecule has 2 aromatic rings. The number of imidazole rings is 1. The maximum Gasteiger partial charge on any atom is 0.339 e. The average molecular weight is 190 g/mol. The molecule has 0 unspecified atom stereocenters. The number of carbonyl (C=O) groups is 1. The van der Waals surface area contributed by atoms with Crippen LogP contribution in [0.4, 0.5) is 0 Å². The second kappa shape index (κ2) is 3.14. The minimum Gasteiger partial charge on any atom is -0.465 e. The summed E-state index contributed by atoms with van der Waals surface area (Å²) in [5.74, 6) is -0.330. The van der Waals surface area contributed by atoms with E-state index >= 15 is 0 Å². The summed E-state index contributed by atoms with van der Waals surface area (Å²) in [5.41, 5.74) is 2.35. The van der Waals surface area contributed by atoms with Gasteiger partial charge in [0.2, 0.25) is 0 Å². The van der Waals surface area contributed by atoms with Gasteiger partial charge in [-0.15, -0.1) is 0 Å². The molecule has 0 bridgehead atoms. The number of hydrogen-bond donors (Lipinski definition) is 0. The second-order valence-corrected chi connectivity index (χ2v) is 3.06. The minimum atomic E-state index is -0.330. The molecule has 0 aliphatic carbocycles. The molecule has 0 fully saturated rings. The van der Waals surface area contributed by atoms with Crippen molar-refractivity contribution < 1.29 is 9.53 Å². The number of methoxy groups -OCH3 is 1. The first-order chi connectivity index (χ1) is 6.72. The number of esters is 1. The zero-order valence-corrected chi connectivity index (χ0v) is 8.02. The first-order valence-corrected chi connectivity index (χ1v) is 4.24. The van der Waals surface area contributed by atoms with Gasteiger partial charge in [0.1, 0.15) is 5.65 Å². The molecule has 0 N–H and O–H groups in total. The summed E-state index contributed by atoms with van der Waals surface area (Å²) in [4.78, 5) is 15.4. The van der Waals surface area contributed by atoms with Crippen molar-refractivity contribution >= 4 is 11.6 Å². The summed E-state index contributed by atoms with van der Waals surface area (Å²) >= 11 is 0. The molecule has 0 radical (unpaired) electrons. The molecule has 4 nitrogen and oxygen atoms in total. The Labute approximate surface area is 81.1 Å². The van der Waals surface area contributed by atoms with Crippen molar-refractivity contribution in [3.8, 4) is 0 Å². The molecule has 72 valence electrons. The number of nitrogens with zero attached hydrogens (tertiary/aromatic N) is 2. The zero-order valence-electron chi connectivity index (χ0n) is 8.02. The lowest BCUT2D eigenvalue weighted by Crippen LogP contribution is -2.03. The van der Waals surface area contributed by atoms with E-state index in [0.29, 0.717) is 5.56 Å². The lowest BCUT2D eigenvalue weighted by Gasteiger charge is -2.02. The molecule has 0 aliphatic rings. The third kappa shape index (κ3) is 1.25. The summed E-state index contributed by atoms with van der Waals surface area (Å²) in [5, 5.41) is 0. The molecule has 0 spiro atoms. The standard InChI is InChI=1S/C10H10N2O2/c1-7-5-8(10(13)14-2)6-12-4-3-11-9(7)12/h3-6H,1-2H3. The van der Waals surface area contributed by atoms with E-state index in [1.807, 2.05) is 11.3 Å². The van der Waals surface area contributed by atoms with Gasteiger partial charge in [-0.1, -0.05) is 0 Å². The van der Waals surface area contributed by atoms with Crippen LogP contribution in [-0.2, 0) is 4.74 Å². The number of hydrogen-bond acceptors (Lipinski definition) is 3. The Kier molecular flexibility index (Phi) is 1.96. The normalized spacial score (nSPS) is 10.4. The van der Waals surface area contributed by atoms with Gasteiger partial charge < -0.3 is 9.14 Å². The van der Waals surface area contributed by atoms with E-state index < -0.39 is 0 Å². The van der Waals surface area contributed by atoms with Crippen LogP contribution < -0.4 is 0 Å². The molecule has 0 aromatic carbocycles. The van der Waals surface area contributed by atoms with Crippen molar-refractivity contribution in [3.05, 3.63) is 35.8 Å². The Bertz CT molecular complexity index is 488. The molecule has 0 saturated carbocycles. The van der Waals surface area contributed by atoms with Crippen LogP contribution in [0.1, 0.15) is 15.9 Å². The van der Waals surface area contributed by atoms with E-state index in [9.17, 15) is 4.79 Å². The Morgan fingerprint density at radius 3 is 3.07 bits per heavy atom. The van der Waals surface area contributed by atoms with Crippen molar-refractivity contribution in [2.75, 3.05) is 7.11 Å². The molecule has 2 aromatic heterocycles. The molecule has 0 aliphatic heterocycles. The van der Waals surface area contributed by atoms with Crippen LogP contribution in [0.3, 0.4) is 0 Å². The van der Waals surface area contributed by atoms with E-state index in [2.05, 4.69) is 9.72 Å². The predicted molar refractivity (Wildman–Crippen MR) is 51.3 cm³/mol. The number of carbonyl (C=O) groups excluding carboxylic acids is 1. The van der Waals surface area contributed by atoms with Gasteiger partial charge in [-0.2, -0.15) is 0 Å². The van der Waals surface area contributed by atoms with Gasteiger partial charge in [0.15, 0.2) is 0 Å². The van der Waals surface area contributed by atoms with Gasteiger partial charge in [0.25, 0.3) is 0 Å². The molecule has 0 amide bonds. The molecule has 0 saturated heterocycles. The van der Waals surface area contributed by atoms with Gasteiger partial charge in [-0.05, 0) is 18.6 Å². The predicted octanol–water partition coefficient (Wildman–Crippen LogP) is 1.43. The number of aromatic nitrogens is 2. The topological polar surface area (TPSA) is 43.6 Å². The zero-order chi connectivity index (χ0) is 10.1. The highest BCUT2D eigenvalue weighted by Gasteiger charge is 2.08. The summed E-state index contributed by atoms with van der Waals surface area (Å²) in [6.45, 7) is 1.91. The van der Waals surface area contributed by atoms with Gasteiger partial charge in [0, 0.05) is 18.6 Å². The first kappa shape index (κ1) is 8.74. The Balaban J connectivity index is 2.64. The Morgan fingerprint density at radius 2 is 2.36 bits per heavy atom. The summed E-state index contributed by atoms with van der Waals surface area (Å²) in [6, 6.07) is 1.77. The van der Waals surface area contributed by atoms with Crippen LogP contribution in [-0.4, -0.2) is 22.5 Å². The molecule has 14 heavy (non-hydrogen) atoms. The van der Waals surface area contributed by atoms with E-state index in [-0.39, 0.29) is 5.97 Å². The van der Waals surface area contributed by atoms with Crippen LogP contribution in [0.15, 0.2) is 24.7 Å². The number of fused-ring (bicyclic) bond motifs is 1. The summed E-state index contributed by atoms with van der Waals surface area (Å²) in [7, 11) is 1.37. The van der Waals surface area contributed by atoms with E-state index in [0.717, 1.165) is 11.2 Å². The highest BCUT2D eigenvalue weighted by Crippen LogP contribution is 2.11. The largest absolute Gasteiger partial charge is 0.465 e. The number of pyridine rings is 1. The van der Waals surface area contributed by atoms with Gasteiger partial charge in [-0.25, -0.2) is 9.78 Å². The monoisotopic (exact) mass is 190 g/mol. The smallest absolute Gasteiger partial charge is 0.339 e. The van der Waals surface area contributed by atoms with Crippen molar-refractivity contribution in [1.82, 2.24) is 9.38 Å². The average Bonchev–Trinajstić information content (AvgIpc) is 2.64. The Morgan fingerprint density at radius 1 is 1.57 bits per heavy atom. The van der Waals surface area contributed by atoms with Gasteiger partial charge in [0.05, 0.1) is 12.7 Å². The van der Waals surface area contributed by atoms with Gasteiger partial charge in [-0.3, -0.25) is 0 Å². The van der Waals surface area contributed by atoms with Crippen LogP contribution in [0, 0.1) is 6.92 Å². The molecule has 2 rings (SSSR count). The van der Waals surface area contributed by atoms with E-state index in [1.54, 1.807) is 24.7 Å². The summed E-state index contributed by atoms with van der Waals surface area (Å²) < 4.78 is 6.45. The van der Waals surface area contributed by atoms with Crippen molar-refractivity contribution in [2.45, 2.75) is 6.92 Å². The van der Waals surface area contributed by atoms with Crippen molar-refractivity contribution in [1.29, 1.82) is 0 Å². The number of rotatable bonds is 1. The maximum absolute atomic E-state index is 11.3. The fourth-order valence-corrected chi connectivity index (χ4v) is 1.44. The molecule has 4 heteroatoms. The molecular weight excluding hydrogens is 180 g/mol. The third-order valence-corrected chi connectivity index (χ3v) is 2.09. The maximum atomic E-state index is 11.3. The minimum absolute atomic E-state index is 0.330. The Hall–Kier alpha value is -1.84. The van der Waals surface area contributed by atoms with Gasteiger partial charge >= 0.3 is 5.97 Å². The van der Waals surface area contributed by atoms with Crippen molar-refractivity contribution in [3.63, 3.8) is 0 Å². The fraction of sp³-hybridized carbons (Fsp3) is 0.200. The molecule has 0 atom stereocenters. The SMILES string of the molecule is COC(=O)c1cc(C)c2nccn2c1. The lowest BCUT2D eigenvalue weighted by atomic mass is 10.2. The highest BCUT2D eigenvalue weighted by atomic mass is 16.5. The fourth-order valence-electron chi connectivity index (χ4n) is 1.44. The molecular formula is C10H10N2O2. The van der Waals surface area contributed by atoms with E-state index in [4.69, 9.17) is 0 Å². The number of ether oxygens (including phenoxy) is 1. The first-order valence-electron chi connectivity index (χ1n) is 4.24. The van der Waals surface area contributed by atoms with Crippen LogP contribution in [0.2, 0.25) is 0 Å². The van der Waals surface area contributed by atoms with Crippen molar-refractivity contribution in [2.24, 2.45) is 0 Å². The summed E-state index contributed by atoms with van der Waals surface area (Å²) in [6.07, 6.45) is 5.21. The number of aryl methyl sites for hydroxylation is 1. The quantitative estimate of drug-likeness (QED) is 0.639. The second-order valence-electron chi connectivity index (χ2n) is 3.06. The molecule has 2 heterocycles. The highest BCUT2D eigenvalue weighted by molar-refractivity contribution is 5.89. The van der Waals surface area contributed by atoms with Crippen LogP contribution in [0.5, 0.6) is 0 Å². The third-order valence-electron chi connectivity index (χ3n) is 2.09. The van der Waals surface area contributed by atoms with E-state index in [1.165, 1.54) is 7.11 Å². The van der Waals surface area contributed by atoms with Crippen LogP contribution in [0.25, 0.3) is 5.65 Å².